The van der Waals surface area contributed by atoms with E-state index >= 15 is 0 Å². The molecule has 2 N–H and O–H groups in total. The molecule has 0 unspecified atom stereocenters. The highest BCUT2D eigenvalue weighted by Crippen LogP contribution is 2.31. The highest BCUT2D eigenvalue weighted by Gasteiger charge is 2.40. The van der Waals surface area contributed by atoms with Gasteiger partial charge < -0.3 is 10.4 Å². The van der Waals surface area contributed by atoms with Crippen LogP contribution in [0.15, 0.2) is 35.7 Å². The predicted molar refractivity (Wildman–Crippen MR) is 89.0 cm³/mol. The minimum absolute atomic E-state index is 0.125. The van der Waals surface area contributed by atoms with Gasteiger partial charge in [0.05, 0.1) is 5.69 Å². The third-order valence-corrected chi connectivity index (χ3v) is 5.84. The van der Waals surface area contributed by atoms with E-state index in [1.54, 1.807) is 18.2 Å². The standard InChI is InChI=1S/C16H22N2O4S/c1-3-4-9-17-13-11-12(2)7-8-15(13)23(21,22)18-10-5-6-14(18)16(19)20/h3,7-8,11,14,17H,1,4-6,9-10H2,2H3,(H,19,20)/t14-/m0/s1. The summed E-state index contributed by atoms with van der Waals surface area (Å²) in [6.45, 7) is 6.32. The van der Waals surface area contributed by atoms with Gasteiger partial charge in [-0.15, -0.1) is 6.58 Å². The number of hydrogen-bond acceptors (Lipinski definition) is 4. The largest absolute Gasteiger partial charge is 0.480 e. The van der Waals surface area contributed by atoms with Crippen LogP contribution in [0.3, 0.4) is 0 Å². The Hall–Kier alpha value is -1.86. The van der Waals surface area contributed by atoms with Gasteiger partial charge >= 0.3 is 5.97 Å². The first-order valence-corrected chi connectivity index (χ1v) is 9.02. The molecule has 1 aliphatic rings. The van der Waals surface area contributed by atoms with Gasteiger partial charge in [0.15, 0.2) is 0 Å². The second-order valence-electron chi connectivity index (χ2n) is 5.62. The average molecular weight is 338 g/mol. The van der Waals surface area contributed by atoms with Crippen molar-refractivity contribution in [3.05, 3.63) is 36.4 Å². The van der Waals surface area contributed by atoms with E-state index in [2.05, 4.69) is 11.9 Å². The lowest BCUT2D eigenvalue weighted by Crippen LogP contribution is -2.40. The van der Waals surface area contributed by atoms with Gasteiger partial charge in [-0.3, -0.25) is 4.79 Å². The summed E-state index contributed by atoms with van der Waals surface area (Å²) in [7, 11) is -3.85. The Morgan fingerprint density at radius 1 is 1.52 bits per heavy atom. The maximum Gasteiger partial charge on any atom is 0.322 e. The van der Waals surface area contributed by atoms with Gasteiger partial charge in [0.2, 0.25) is 10.0 Å². The Bertz CT molecular complexity index is 700. The van der Waals surface area contributed by atoms with Crippen LogP contribution in [0.2, 0.25) is 0 Å². The molecular formula is C16H22N2O4S. The van der Waals surface area contributed by atoms with Crippen molar-refractivity contribution >= 4 is 21.7 Å². The maximum absolute atomic E-state index is 12.9. The minimum atomic E-state index is -3.85. The van der Waals surface area contributed by atoms with Crippen molar-refractivity contribution in [3.63, 3.8) is 0 Å². The van der Waals surface area contributed by atoms with Crippen LogP contribution in [-0.4, -0.2) is 42.9 Å². The monoisotopic (exact) mass is 338 g/mol. The van der Waals surface area contributed by atoms with E-state index in [0.717, 1.165) is 9.87 Å². The predicted octanol–water partition coefficient (Wildman–Crippen LogP) is 2.22. The second-order valence-corrected chi connectivity index (χ2v) is 7.47. The summed E-state index contributed by atoms with van der Waals surface area (Å²) in [4.78, 5) is 11.4. The molecular weight excluding hydrogens is 316 g/mol. The molecule has 1 aliphatic heterocycles. The molecule has 1 heterocycles. The molecule has 1 saturated heterocycles. The van der Waals surface area contributed by atoms with E-state index in [1.165, 1.54) is 6.07 Å². The number of hydrogen-bond donors (Lipinski definition) is 2. The summed E-state index contributed by atoms with van der Waals surface area (Å²) < 4.78 is 26.9. The molecule has 6 nitrogen and oxygen atoms in total. The molecule has 1 aromatic carbocycles. The first-order chi connectivity index (χ1) is 10.9. The number of rotatable bonds is 7. The van der Waals surface area contributed by atoms with Crippen LogP contribution in [0.25, 0.3) is 0 Å². The molecule has 1 fully saturated rings. The molecule has 0 radical (unpaired) electrons. The molecule has 0 aromatic heterocycles. The van der Waals surface area contributed by atoms with Crippen LogP contribution in [0, 0.1) is 6.92 Å². The van der Waals surface area contributed by atoms with Crippen LogP contribution in [0.4, 0.5) is 5.69 Å². The summed E-state index contributed by atoms with van der Waals surface area (Å²) in [5, 5.41) is 12.4. The molecule has 0 aliphatic carbocycles. The molecule has 0 bridgehead atoms. The fourth-order valence-electron chi connectivity index (χ4n) is 2.72. The number of nitrogens with zero attached hydrogens (tertiary/aromatic N) is 1. The van der Waals surface area contributed by atoms with Gasteiger partial charge in [-0.1, -0.05) is 12.1 Å². The number of carboxylic acid groups (broad SMARTS) is 1. The molecule has 7 heteroatoms. The first kappa shape index (κ1) is 17.5. The lowest BCUT2D eigenvalue weighted by Gasteiger charge is -2.23. The zero-order chi connectivity index (χ0) is 17.0. The van der Waals surface area contributed by atoms with Crippen LogP contribution in [0.5, 0.6) is 0 Å². The second kappa shape index (κ2) is 7.14. The van der Waals surface area contributed by atoms with Crippen LogP contribution in [0.1, 0.15) is 24.8 Å². The number of anilines is 1. The number of sulfonamides is 1. The molecule has 1 atom stereocenters. The van der Waals surface area contributed by atoms with Gasteiger partial charge in [0.1, 0.15) is 10.9 Å². The molecule has 0 spiro atoms. The number of nitrogens with one attached hydrogen (secondary N) is 1. The Kier molecular flexibility index (Phi) is 5.43. The van der Waals surface area contributed by atoms with E-state index in [4.69, 9.17) is 0 Å². The van der Waals surface area contributed by atoms with Gasteiger partial charge in [-0.25, -0.2) is 8.42 Å². The first-order valence-electron chi connectivity index (χ1n) is 7.58. The number of aryl methyl sites for hydroxylation is 1. The number of carboxylic acids is 1. The summed E-state index contributed by atoms with van der Waals surface area (Å²) in [5.74, 6) is -1.10. The van der Waals surface area contributed by atoms with Crippen molar-refractivity contribution in [3.8, 4) is 0 Å². The smallest absolute Gasteiger partial charge is 0.322 e. The highest BCUT2D eigenvalue weighted by atomic mass is 32.2. The van der Waals surface area contributed by atoms with Crippen LogP contribution >= 0.6 is 0 Å². The number of aliphatic carboxylic acids is 1. The Morgan fingerprint density at radius 2 is 2.26 bits per heavy atom. The molecule has 0 amide bonds. The fraction of sp³-hybridized carbons (Fsp3) is 0.438. The summed E-state index contributed by atoms with van der Waals surface area (Å²) in [6.07, 6.45) is 3.35. The van der Waals surface area contributed by atoms with Crippen LogP contribution < -0.4 is 5.32 Å². The third kappa shape index (κ3) is 3.73. The van der Waals surface area contributed by atoms with E-state index < -0.39 is 22.0 Å². The molecule has 1 aromatic rings. The van der Waals surface area contributed by atoms with Crippen molar-refractivity contribution < 1.29 is 18.3 Å². The van der Waals surface area contributed by atoms with Crippen molar-refractivity contribution in [2.24, 2.45) is 0 Å². The van der Waals surface area contributed by atoms with Crippen molar-refractivity contribution in [2.45, 2.75) is 37.1 Å². The molecule has 126 valence electrons. The summed E-state index contributed by atoms with van der Waals surface area (Å²) in [5.41, 5.74) is 1.43. The third-order valence-electron chi connectivity index (χ3n) is 3.87. The van der Waals surface area contributed by atoms with Crippen molar-refractivity contribution in [2.75, 3.05) is 18.4 Å². The number of carbonyl (C=O) groups is 1. The highest BCUT2D eigenvalue weighted by molar-refractivity contribution is 7.89. The lowest BCUT2D eigenvalue weighted by molar-refractivity contribution is -0.140. The zero-order valence-corrected chi connectivity index (χ0v) is 14.0. The van der Waals surface area contributed by atoms with Gasteiger partial charge in [-0.2, -0.15) is 4.31 Å². The van der Waals surface area contributed by atoms with E-state index in [1.807, 2.05) is 6.92 Å². The van der Waals surface area contributed by atoms with E-state index in [-0.39, 0.29) is 11.4 Å². The normalized spacial score (nSPS) is 18.7. The van der Waals surface area contributed by atoms with Crippen molar-refractivity contribution in [1.82, 2.24) is 4.31 Å². The zero-order valence-electron chi connectivity index (χ0n) is 13.2. The quantitative estimate of drug-likeness (QED) is 0.588. The Morgan fingerprint density at radius 3 is 2.91 bits per heavy atom. The SMILES string of the molecule is C=CCCNc1cc(C)ccc1S(=O)(=O)N1CCC[C@H]1C(=O)O. The fourth-order valence-corrected chi connectivity index (χ4v) is 4.52. The average Bonchev–Trinajstić information content (AvgIpc) is 2.98. The Balaban J connectivity index is 2.39. The molecule has 2 rings (SSSR count). The van der Waals surface area contributed by atoms with Gasteiger partial charge in [-0.05, 0) is 43.9 Å². The molecule has 0 saturated carbocycles. The topological polar surface area (TPSA) is 86.7 Å². The lowest BCUT2D eigenvalue weighted by atomic mass is 10.2. The minimum Gasteiger partial charge on any atom is -0.480 e. The molecule has 23 heavy (non-hydrogen) atoms. The van der Waals surface area contributed by atoms with Gasteiger partial charge in [0.25, 0.3) is 0 Å². The van der Waals surface area contributed by atoms with E-state index in [0.29, 0.717) is 31.5 Å². The maximum atomic E-state index is 12.9. The number of benzene rings is 1. The van der Waals surface area contributed by atoms with Gasteiger partial charge in [0, 0.05) is 13.1 Å². The summed E-state index contributed by atoms with van der Waals surface area (Å²) >= 11 is 0. The Labute approximate surface area is 136 Å². The van der Waals surface area contributed by atoms with E-state index in [9.17, 15) is 18.3 Å². The summed E-state index contributed by atoms with van der Waals surface area (Å²) in [6, 6.07) is 4.04. The van der Waals surface area contributed by atoms with Crippen molar-refractivity contribution in [1.29, 1.82) is 0 Å². The van der Waals surface area contributed by atoms with Crippen LogP contribution in [-0.2, 0) is 14.8 Å².